The van der Waals surface area contributed by atoms with Crippen LogP contribution >= 0.6 is 0 Å². The van der Waals surface area contributed by atoms with E-state index < -0.39 is 11.1 Å². The molecule has 0 aliphatic heterocycles. The van der Waals surface area contributed by atoms with E-state index in [-0.39, 0.29) is 35.0 Å². The minimum Gasteiger partial charge on any atom is -0.772 e. The van der Waals surface area contributed by atoms with E-state index in [1.807, 2.05) is 0 Å². The van der Waals surface area contributed by atoms with Gasteiger partial charge in [0.05, 0.1) is 0 Å². The Hall–Kier alpha value is 1.11. The number of rotatable bonds is 2. The molecule has 1 unspecified atom stereocenters. The van der Waals surface area contributed by atoms with Crippen molar-refractivity contribution in [3.8, 4) is 0 Å². The third-order valence-corrected chi connectivity index (χ3v) is 4.16. The van der Waals surface area contributed by atoms with Crippen LogP contribution in [0.15, 0.2) is 0 Å². The van der Waals surface area contributed by atoms with E-state index in [4.69, 9.17) is 0 Å². The summed E-state index contributed by atoms with van der Waals surface area (Å²) < 4.78 is 21.1. The van der Waals surface area contributed by atoms with Gasteiger partial charge in [0.25, 0.3) is 0 Å². The summed E-state index contributed by atoms with van der Waals surface area (Å²) in [6.07, 6.45) is 6.05. The van der Waals surface area contributed by atoms with Gasteiger partial charge in [-0.1, -0.05) is 11.1 Å². The normalized spacial score (nSPS) is 40.9. The van der Waals surface area contributed by atoms with Gasteiger partial charge in [-0.3, -0.25) is 4.21 Å². The molecule has 2 fully saturated rings. The van der Waals surface area contributed by atoms with Crippen molar-refractivity contribution < 1.29 is 38.3 Å². The second kappa shape index (κ2) is 4.09. The van der Waals surface area contributed by atoms with Gasteiger partial charge in [0.2, 0.25) is 0 Å². The smallest absolute Gasteiger partial charge is 0.772 e. The second-order valence-electron chi connectivity index (χ2n) is 4.10. The van der Waals surface area contributed by atoms with Crippen molar-refractivity contribution in [1.82, 2.24) is 0 Å². The molecule has 2 aliphatic rings. The van der Waals surface area contributed by atoms with Crippen LogP contribution in [0.25, 0.3) is 0 Å². The number of hydrogen-bond donors (Lipinski definition) is 0. The molecule has 0 heterocycles. The number of hydrogen-bond acceptors (Lipinski definition) is 2. The SMILES string of the molecule is O=S([O-])CC12CCC(CC1)C2.[Na+]. The van der Waals surface area contributed by atoms with Gasteiger partial charge < -0.3 is 4.55 Å². The van der Waals surface area contributed by atoms with E-state index in [0.29, 0.717) is 5.75 Å². The van der Waals surface area contributed by atoms with Crippen LogP contribution in [-0.4, -0.2) is 14.5 Å². The van der Waals surface area contributed by atoms with Gasteiger partial charge in [0.15, 0.2) is 0 Å². The van der Waals surface area contributed by atoms with Crippen molar-refractivity contribution >= 4 is 11.1 Å². The first-order valence-corrected chi connectivity index (χ1v) is 5.50. The molecular weight excluding hydrogens is 183 g/mol. The molecule has 2 aliphatic carbocycles. The Morgan fingerprint density at radius 2 is 2.00 bits per heavy atom. The van der Waals surface area contributed by atoms with Crippen molar-refractivity contribution in [2.45, 2.75) is 32.1 Å². The van der Waals surface area contributed by atoms with E-state index in [1.165, 1.54) is 19.3 Å². The molecule has 4 heteroatoms. The second-order valence-corrected chi connectivity index (χ2v) is 4.99. The fourth-order valence-electron chi connectivity index (χ4n) is 2.76. The van der Waals surface area contributed by atoms with Gasteiger partial charge >= 0.3 is 29.6 Å². The van der Waals surface area contributed by atoms with Crippen LogP contribution < -0.4 is 29.6 Å². The molecule has 64 valence electrons. The largest absolute Gasteiger partial charge is 1.00 e. The third-order valence-electron chi connectivity index (χ3n) is 3.31. The fraction of sp³-hybridized carbons (Fsp3) is 1.00. The maximum Gasteiger partial charge on any atom is 1.00 e. The van der Waals surface area contributed by atoms with Gasteiger partial charge in [-0.2, -0.15) is 0 Å². The van der Waals surface area contributed by atoms with Crippen molar-refractivity contribution in [2.75, 3.05) is 5.75 Å². The Balaban J connectivity index is 0.000000720. The molecule has 2 saturated carbocycles. The molecule has 0 saturated heterocycles. The van der Waals surface area contributed by atoms with Crippen molar-refractivity contribution in [2.24, 2.45) is 11.3 Å². The summed E-state index contributed by atoms with van der Waals surface area (Å²) in [6, 6.07) is 0. The summed E-state index contributed by atoms with van der Waals surface area (Å²) in [5.74, 6) is 1.28. The summed E-state index contributed by atoms with van der Waals surface area (Å²) in [4.78, 5) is 0. The average Bonchev–Trinajstić information content (AvgIpc) is 2.43. The first kappa shape index (κ1) is 11.2. The summed E-state index contributed by atoms with van der Waals surface area (Å²) in [7, 11) is 0. The molecule has 12 heavy (non-hydrogen) atoms. The first-order valence-electron chi connectivity index (χ1n) is 4.26. The molecule has 2 nitrogen and oxygen atoms in total. The molecule has 0 spiro atoms. The summed E-state index contributed by atoms with van der Waals surface area (Å²) in [5, 5.41) is 0. The van der Waals surface area contributed by atoms with E-state index in [9.17, 15) is 8.76 Å². The summed E-state index contributed by atoms with van der Waals surface area (Å²) in [6.45, 7) is 0. The topological polar surface area (TPSA) is 40.1 Å². The van der Waals surface area contributed by atoms with E-state index in [0.717, 1.165) is 18.8 Å². The van der Waals surface area contributed by atoms with Crippen LogP contribution in [0.4, 0.5) is 0 Å². The summed E-state index contributed by atoms with van der Waals surface area (Å²) >= 11 is -1.82. The zero-order valence-corrected chi connectivity index (χ0v) is 10.4. The van der Waals surface area contributed by atoms with Crippen LogP contribution in [0, 0.1) is 11.3 Å². The minimum absolute atomic E-state index is 0. The van der Waals surface area contributed by atoms with Crippen molar-refractivity contribution in [3.05, 3.63) is 0 Å². The molecule has 0 aromatic heterocycles. The Kier molecular flexibility index (Phi) is 3.82. The average molecular weight is 196 g/mol. The predicted molar refractivity (Wildman–Crippen MR) is 42.8 cm³/mol. The zero-order valence-electron chi connectivity index (χ0n) is 7.54. The third kappa shape index (κ3) is 2.13. The van der Waals surface area contributed by atoms with Gasteiger partial charge in [0, 0.05) is 5.75 Å². The Labute approximate surface area is 98.1 Å². The first-order chi connectivity index (χ1) is 5.20. The minimum atomic E-state index is -1.82. The van der Waals surface area contributed by atoms with Gasteiger partial charge in [0.1, 0.15) is 0 Å². The standard InChI is InChI=1S/C8H14O2S.Na/c9-11(10)6-8-3-1-7(5-8)2-4-8;/h7H,1-6H2,(H,9,10);/q;+1/p-1. The molecule has 0 N–H and O–H groups in total. The van der Waals surface area contributed by atoms with Crippen LogP contribution in [0.2, 0.25) is 0 Å². The van der Waals surface area contributed by atoms with Crippen LogP contribution in [0.1, 0.15) is 32.1 Å². The maximum absolute atomic E-state index is 10.5. The van der Waals surface area contributed by atoms with E-state index in [2.05, 4.69) is 0 Å². The molecule has 0 radical (unpaired) electrons. The molecular formula is C8H13NaO2S. The predicted octanol–water partition coefficient (Wildman–Crippen LogP) is -1.55. The van der Waals surface area contributed by atoms with Gasteiger partial charge in [-0.25, -0.2) is 0 Å². The molecule has 0 amide bonds. The van der Waals surface area contributed by atoms with Gasteiger partial charge in [-0.05, 0) is 43.4 Å². The quantitative estimate of drug-likeness (QED) is 0.396. The Morgan fingerprint density at radius 1 is 1.42 bits per heavy atom. The van der Waals surface area contributed by atoms with Crippen molar-refractivity contribution in [1.29, 1.82) is 0 Å². The number of fused-ring (bicyclic) bond motifs is 2. The van der Waals surface area contributed by atoms with E-state index >= 15 is 0 Å². The Bertz CT molecular complexity index is 187. The van der Waals surface area contributed by atoms with Crippen molar-refractivity contribution in [3.63, 3.8) is 0 Å². The molecule has 1 atom stereocenters. The van der Waals surface area contributed by atoms with Crippen LogP contribution in [0.5, 0.6) is 0 Å². The zero-order chi connectivity index (χ0) is 7.90. The van der Waals surface area contributed by atoms with Crippen LogP contribution in [-0.2, 0) is 11.1 Å². The van der Waals surface area contributed by atoms with Gasteiger partial charge in [-0.15, -0.1) is 0 Å². The maximum atomic E-state index is 10.5. The van der Waals surface area contributed by atoms with Crippen LogP contribution in [0.3, 0.4) is 0 Å². The molecule has 2 bridgehead atoms. The monoisotopic (exact) mass is 196 g/mol. The van der Waals surface area contributed by atoms with E-state index in [1.54, 1.807) is 0 Å². The Morgan fingerprint density at radius 3 is 2.33 bits per heavy atom. The molecule has 0 aromatic carbocycles. The molecule has 2 rings (SSSR count). The summed E-state index contributed by atoms with van der Waals surface area (Å²) in [5.41, 5.74) is 0.220. The fourth-order valence-corrected chi connectivity index (χ4v) is 3.67. The molecule has 0 aromatic rings.